The first-order chi connectivity index (χ1) is 7.63. The summed E-state index contributed by atoms with van der Waals surface area (Å²) < 4.78 is 4.81. The standard InChI is InChI=1S/C11H22N2O3/c1-8(11(15)13-9-3-4-9)12-6-5-10(14)7-16-2/h8-10,12,14H,3-7H2,1-2H3,(H,13,15). The van der Waals surface area contributed by atoms with Crippen molar-refractivity contribution < 1.29 is 14.6 Å². The number of aliphatic hydroxyl groups excluding tert-OH is 1. The van der Waals surface area contributed by atoms with Gasteiger partial charge in [0.2, 0.25) is 5.91 Å². The van der Waals surface area contributed by atoms with Crippen LogP contribution in [0.4, 0.5) is 0 Å². The summed E-state index contributed by atoms with van der Waals surface area (Å²) in [7, 11) is 1.56. The predicted octanol–water partition coefficient (Wildman–Crippen LogP) is -0.359. The first kappa shape index (κ1) is 13.4. The molecule has 3 N–H and O–H groups in total. The molecule has 2 unspecified atom stereocenters. The van der Waals surface area contributed by atoms with Gasteiger partial charge in [-0.25, -0.2) is 0 Å². The second kappa shape index (κ2) is 6.83. The Kier molecular flexibility index (Phi) is 5.73. The van der Waals surface area contributed by atoms with Crippen molar-refractivity contribution in [2.24, 2.45) is 0 Å². The van der Waals surface area contributed by atoms with Crippen LogP contribution in [0.25, 0.3) is 0 Å². The molecule has 5 nitrogen and oxygen atoms in total. The fourth-order valence-electron chi connectivity index (χ4n) is 1.39. The second-order valence-electron chi connectivity index (χ2n) is 4.36. The monoisotopic (exact) mass is 230 g/mol. The van der Waals surface area contributed by atoms with Crippen molar-refractivity contribution in [3.8, 4) is 0 Å². The van der Waals surface area contributed by atoms with Gasteiger partial charge in [-0.15, -0.1) is 0 Å². The molecule has 94 valence electrons. The van der Waals surface area contributed by atoms with Crippen molar-refractivity contribution in [2.75, 3.05) is 20.3 Å². The highest BCUT2D eigenvalue weighted by Gasteiger charge is 2.25. The van der Waals surface area contributed by atoms with Crippen LogP contribution >= 0.6 is 0 Å². The zero-order chi connectivity index (χ0) is 12.0. The number of hydrogen-bond acceptors (Lipinski definition) is 4. The highest BCUT2D eigenvalue weighted by Crippen LogP contribution is 2.18. The Hall–Kier alpha value is -0.650. The van der Waals surface area contributed by atoms with E-state index in [1.54, 1.807) is 7.11 Å². The molecular formula is C11H22N2O3. The van der Waals surface area contributed by atoms with Gasteiger partial charge in [0, 0.05) is 13.2 Å². The zero-order valence-electron chi connectivity index (χ0n) is 10.0. The zero-order valence-corrected chi connectivity index (χ0v) is 10.0. The average molecular weight is 230 g/mol. The predicted molar refractivity (Wildman–Crippen MR) is 61.1 cm³/mol. The molecule has 1 saturated carbocycles. The van der Waals surface area contributed by atoms with Gasteiger partial charge in [-0.05, 0) is 32.7 Å². The van der Waals surface area contributed by atoms with E-state index in [4.69, 9.17) is 4.74 Å². The number of nitrogens with one attached hydrogen (secondary N) is 2. The minimum atomic E-state index is -0.462. The number of rotatable bonds is 8. The van der Waals surface area contributed by atoms with Crippen molar-refractivity contribution in [3.05, 3.63) is 0 Å². The smallest absolute Gasteiger partial charge is 0.237 e. The highest BCUT2D eigenvalue weighted by molar-refractivity contribution is 5.81. The molecule has 1 amide bonds. The molecule has 0 aliphatic heterocycles. The maximum absolute atomic E-state index is 11.5. The molecule has 0 aromatic heterocycles. The summed E-state index contributed by atoms with van der Waals surface area (Å²) in [6, 6.07) is 0.200. The summed E-state index contributed by atoms with van der Waals surface area (Å²) in [6.45, 7) is 2.79. The second-order valence-corrected chi connectivity index (χ2v) is 4.36. The highest BCUT2D eigenvalue weighted by atomic mass is 16.5. The fraction of sp³-hybridized carbons (Fsp3) is 0.909. The minimum absolute atomic E-state index is 0.0451. The lowest BCUT2D eigenvalue weighted by Crippen LogP contribution is -2.43. The molecule has 1 aliphatic rings. The topological polar surface area (TPSA) is 70.6 Å². The molecule has 0 saturated heterocycles. The van der Waals surface area contributed by atoms with Crippen molar-refractivity contribution in [1.29, 1.82) is 0 Å². The minimum Gasteiger partial charge on any atom is -0.391 e. The maximum Gasteiger partial charge on any atom is 0.237 e. The molecule has 16 heavy (non-hydrogen) atoms. The largest absolute Gasteiger partial charge is 0.391 e. The lowest BCUT2D eigenvalue weighted by Gasteiger charge is -2.15. The van der Waals surface area contributed by atoms with Crippen LogP contribution in [0, 0.1) is 0 Å². The van der Waals surface area contributed by atoms with Crippen LogP contribution in [0.1, 0.15) is 26.2 Å². The van der Waals surface area contributed by atoms with E-state index in [-0.39, 0.29) is 11.9 Å². The Morgan fingerprint density at radius 2 is 2.25 bits per heavy atom. The van der Waals surface area contributed by atoms with E-state index < -0.39 is 6.10 Å². The number of aliphatic hydroxyl groups is 1. The summed E-state index contributed by atoms with van der Waals surface area (Å²) in [4.78, 5) is 11.5. The van der Waals surface area contributed by atoms with Crippen LogP contribution in [0.3, 0.4) is 0 Å². The van der Waals surface area contributed by atoms with Gasteiger partial charge in [0.25, 0.3) is 0 Å². The maximum atomic E-state index is 11.5. The van der Waals surface area contributed by atoms with Gasteiger partial charge in [-0.3, -0.25) is 4.79 Å². The molecule has 0 heterocycles. The fourth-order valence-corrected chi connectivity index (χ4v) is 1.39. The number of amides is 1. The summed E-state index contributed by atoms with van der Waals surface area (Å²) in [5, 5.41) is 15.4. The van der Waals surface area contributed by atoms with E-state index in [1.165, 1.54) is 0 Å². The van der Waals surface area contributed by atoms with Gasteiger partial charge in [0.05, 0.1) is 18.8 Å². The molecular weight excluding hydrogens is 208 g/mol. The Labute approximate surface area is 96.6 Å². The Morgan fingerprint density at radius 1 is 1.56 bits per heavy atom. The van der Waals surface area contributed by atoms with Crippen LogP contribution in [0.15, 0.2) is 0 Å². The number of carbonyl (C=O) groups is 1. The molecule has 2 atom stereocenters. The molecule has 0 radical (unpaired) electrons. The van der Waals surface area contributed by atoms with Gasteiger partial charge in [-0.1, -0.05) is 0 Å². The number of hydrogen-bond donors (Lipinski definition) is 3. The summed E-state index contributed by atoms with van der Waals surface area (Å²) in [6.07, 6.45) is 2.33. The average Bonchev–Trinajstić information content (AvgIpc) is 3.01. The molecule has 0 spiro atoms. The van der Waals surface area contributed by atoms with Crippen LogP contribution in [-0.2, 0) is 9.53 Å². The molecule has 0 aromatic rings. The van der Waals surface area contributed by atoms with Gasteiger partial charge >= 0.3 is 0 Å². The van der Waals surface area contributed by atoms with Crippen molar-refractivity contribution in [3.63, 3.8) is 0 Å². The first-order valence-corrected chi connectivity index (χ1v) is 5.84. The molecule has 1 rings (SSSR count). The van der Waals surface area contributed by atoms with Crippen molar-refractivity contribution in [2.45, 2.75) is 44.4 Å². The van der Waals surface area contributed by atoms with Crippen LogP contribution in [0.2, 0.25) is 0 Å². The number of ether oxygens (including phenoxy) is 1. The summed E-state index contributed by atoms with van der Waals surface area (Å²) in [5.74, 6) is 0.0451. The van der Waals surface area contributed by atoms with E-state index >= 15 is 0 Å². The quantitative estimate of drug-likeness (QED) is 0.532. The lowest BCUT2D eigenvalue weighted by atomic mass is 10.2. The van der Waals surface area contributed by atoms with Gasteiger partial charge < -0.3 is 20.5 Å². The number of carbonyl (C=O) groups excluding carboxylic acids is 1. The van der Waals surface area contributed by atoms with Crippen molar-refractivity contribution in [1.82, 2.24) is 10.6 Å². The van der Waals surface area contributed by atoms with E-state index in [0.29, 0.717) is 25.6 Å². The van der Waals surface area contributed by atoms with Gasteiger partial charge in [0.15, 0.2) is 0 Å². The third kappa shape index (κ3) is 5.44. The summed E-state index contributed by atoms with van der Waals surface area (Å²) in [5.41, 5.74) is 0. The van der Waals surface area contributed by atoms with Gasteiger partial charge in [-0.2, -0.15) is 0 Å². The number of methoxy groups -OCH3 is 1. The van der Waals surface area contributed by atoms with E-state index in [9.17, 15) is 9.90 Å². The first-order valence-electron chi connectivity index (χ1n) is 5.84. The third-order valence-corrected chi connectivity index (χ3v) is 2.60. The Bertz CT molecular complexity index is 219. The van der Waals surface area contributed by atoms with Crippen LogP contribution in [0.5, 0.6) is 0 Å². The van der Waals surface area contributed by atoms with Crippen LogP contribution in [-0.4, -0.2) is 49.5 Å². The van der Waals surface area contributed by atoms with E-state index in [0.717, 1.165) is 12.8 Å². The SMILES string of the molecule is COCC(O)CCNC(C)C(=O)NC1CC1. The van der Waals surface area contributed by atoms with E-state index in [2.05, 4.69) is 10.6 Å². The van der Waals surface area contributed by atoms with Crippen molar-refractivity contribution >= 4 is 5.91 Å². The third-order valence-electron chi connectivity index (χ3n) is 2.60. The van der Waals surface area contributed by atoms with E-state index in [1.807, 2.05) is 6.92 Å². The molecule has 1 fully saturated rings. The molecule has 0 aromatic carbocycles. The molecule has 1 aliphatic carbocycles. The molecule has 0 bridgehead atoms. The Morgan fingerprint density at radius 3 is 2.81 bits per heavy atom. The molecule has 5 heteroatoms. The lowest BCUT2D eigenvalue weighted by molar-refractivity contribution is -0.122. The summed E-state index contributed by atoms with van der Waals surface area (Å²) >= 11 is 0. The van der Waals surface area contributed by atoms with Crippen LogP contribution < -0.4 is 10.6 Å². The normalized spacial score (nSPS) is 19.2. The Balaban J connectivity index is 2.04. The van der Waals surface area contributed by atoms with Gasteiger partial charge in [0.1, 0.15) is 0 Å².